The van der Waals surface area contributed by atoms with Crippen LogP contribution in [0.4, 0.5) is 0 Å². The lowest BCUT2D eigenvalue weighted by Crippen LogP contribution is -2.58. The Balaban J connectivity index is 5.19. The van der Waals surface area contributed by atoms with Crippen molar-refractivity contribution < 1.29 is 24.3 Å². The number of hydrogen-bond donors (Lipinski definition) is 5. The molecule has 0 bridgehead atoms. The highest BCUT2D eigenvalue weighted by atomic mass is 16.4. The van der Waals surface area contributed by atoms with Crippen LogP contribution in [-0.2, 0) is 19.2 Å². The molecule has 4 unspecified atom stereocenters. The van der Waals surface area contributed by atoms with Crippen LogP contribution >= 0.6 is 0 Å². The first kappa shape index (κ1) is 22.8. The molecular weight excluding hydrogens is 328 g/mol. The summed E-state index contributed by atoms with van der Waals surface area (Å²) in [7, 11) is 0. The lowest BCUT2D eigenvalue weighted by molar-refractivity contribution is -0.142. The number of carbonyl (C=O) groups is 4. The summed E-state index contributed by atoms with van der Waals surface area (Å²) in [5, 5.41) is 16.4. The van der Waals surface area contributed by atoms with Crippen molar-refractivity contribution in [3.05, 3.63) is 0 Å². The Morgan fingerprint density at radius 1 is 0.920 bits per heavy atom. The van der Waals surface area contributed by atoms with E-state index in [1.54, 1.807) is 20.8 Å². The molecule has 0 saturated heterocycles. The molecule has 0 radical (unpaired) electrons. The van der Waals surface area contributed by atoms with Crippen LogP contribution in [0.1, 0.15) is 41.0 Å². The van der Waals surface area contributed by atoms with Crippen molar-refractivity contribution in [1.82, 2.24) is 16.0 Å². The van der Waals surface area contributed by atoms with Crippen molar-refractivity contribution >= 4 is 23.7 Å². The second-order valence-corrected chi connectivity index (χ2v) is 6.43. The van der Waals surface area contributed by atoms with Crippen LogP contribution in [0.5, 0.6) is 0 Å². The number of hydrogen-bond acceptors (Lipinski definition) is 5. The van der Waals surface area contributed by atoms with Crippen molar-refractivity contribution in [2.24, 2.45) is 17.6 Å². The van der Waals surface area contributed by atoms with Crippen molar-refractivity contribution in [2.45, 2.75) is 59.2 Å². The van der Waals surface area contributed by atoms with E-state index in [4.69, 9.17) is 10.8 Å². The van der Waals surface area contributed by atoms with Gasteiger partial charge in [0, 0.05) is 0 Å². The van der Waals surface area contributed by atoms with Crippen molar-refractivity contribution in [3.63, 3.8) is 0 Å². The summed E-state index contributed by atoms with van der Waals surface area (Å²) < 4.78 is 0. The van der Waals surface area contributed by atoms with E-state index in [-0.39, 0.29) is 18.4 Å². The smallest absolute Gasteiger partial charge is 0.325 e. The monoisotopic (exact) mass is 358 g/mol. The highest BCUT2D eigenvalue weighted by Crippen LogP contribution is 2.10. The zero-order valence-electron chi connectivity index (χ0n) is 15.5. The topological polar surface area (TPSA) is 151 Å². The number of carbonyl (C=O) groups excluding carboxylic acids is 3. The molecule has 9 heteroatoms. The average molecular weight is 358 g/mol. The predicted octanol–water partition coefficient (Wildman–Crippen LogP) is -0.794. The molecule has 25 heavy (non-hydrogen) atoms. The van der Waals surface area contributed by atoms with Gasteiger partial charge in [-0.3, -0.25) is 19.2 Å². The molecule has 0 saturated carbocycles. The molecule has 0 spiro atoms. The molecule has 144 valence electrons. The lowest BCUT2D eigenvalue weighted by Gasteiger charge is -2.28. The number of amides is 3. The van der Waals surface area contributed by atoms with Crippen LogP contribution in [0.3, 0.4) is 0 Å². The number of carboxylic acids is 1. The third-order valence-electron chi connectivity index (χ3n) is 3.97. The van der Waals surface area contributed by atoms with Gasteiger partial charge in [-0.05, 0) is 18.8 Å². The van der Waals surface area contributed by atoms with E-state index in [0.29, 0.717) is 6.42 Å². The van der Waals surface area contributed by atoms with Gasteiger partial charge in [0.25, 0.3) is 0 Å². The first-order chi connectivity index (χ1) is 11.5. The third kappa shape index (κ3) is 7.51. The Morgan fingerprint density at radius 2 is 1.44 bits per heavy atom. The minimum Gasteiger partial charge on any atom is -0.480 e. The summed E-state index contributed by atoms with van der Waals surface area (Å²) in [6, 6.07) is -2.82. The summed E-state index contributed by atoms with van der Waals surface area (Å²) in [6.07, 6.45) is 0.636. The van der Waals surface area contributed by atoms with Crippen LogP contribution in [-0.4, -0.2) is 53.5 Å². The van der Waals surface area contributed by atoms with Gasteiger partial charge in [0.2, 0.25) is 17.7 Å². The van der Waals surface area contributed by atoms with Crippen molar-refractivity contribution in [1.29, 1.82) is 0 Å². The Labute approximate surface area is 148 Å². The van der Waals surface area contributed by atoms with E-state index in [1.807, 2.05) is 6.92 Å². The normalized spacial score (nSPS) is 15.6. The first-order valence-corrected chi connectivity index (χ1v) is 8.38. The van der Waals surface area contributed by atoms with Gasteiger partial charge in [0.05, 0.1) is 6.54 Å². The van der Waals surface area contributed by atoms with Crippen molar-refractivity contribution in [3.8, 4) is 0 Å². The highest BCUT2D eigenvalue weighted by Gasteiger charge is 2.31. The summed E-state index contributed by atoms with van der Waals surface area (Å²) in [5.74, 6) is -3.17. The maximum Gasteiger partial charge on any atom is 0.325 e. The fourth-order valence-electron chi connectivity index (χ4n) is 2.08. The summed E-state index contributed by atoms with van der Waals surface area (Å²) in [6.45, 7) is 8.23. The van der Waals surface area contributed by atoms with Crippen molar-refractivity contribution in [2.75, 3.05) is 6.54 Å². The molecule has 4 atom stereocenters. The number of nitrogens with two attached hydrogens (primary N) is 1. The van der Waals surface area contributed by atoms with Crippen LogP contribution in [0.25, 0.3) is 0 Å². The maximum atomic E-state index is 12.6. The average Bonchev–Trinajstić information content (AvgIpc) is 2.55. The Kier molecular flexibility index (Phi) is 9.73. The van der Waals surface area contributed by atoms with Crippen LogP contribution in [0.15, 0.2) is 0 Å². The first-order valence-electron chi connectivity index (χ1n) is 8.38. The van der Waals surface area contributed by atoms with E-state index in [2.05, 4.69) is 16.0 Å². The summed E-state index contributed by atoms with van der Waals surface area (Å²) >= 11 is 0. The summed E-state index contributed by atoms with van der Waals surface area (Å²) in [5.41, 5.74) is 5.28. The van der Waals surface area contributed by atoms with Gasteiger partial charge in [-0.25, -0.2) is 0 Å². The Bertz CT molecular complexity index is 495. The van der Waals surface area contributed by atoms with Gasteiger partial charge in [0.1, 0.15) is 18.1 Å². The zero-order chi connectivity index (χ0) is 19.7. The van der Waals surface area contributed by atoms with Crippen LogP contribution in [0, 0.1) is 11.8 Å². The van der Waals surface area contributed by atoms with E-state index < -0.39 is 41.8 Å². The van der Waals surface area contributed by atoms with E-state index in [0.717, 1.165) is 0 Å². The molecule has 0 fully saturated rings. The minimum absolute atomic E-state index is 0.163. The number of rotatable bonds is 10. The Hall–Kier alpha value is -2.16. The molecule has 6 N–H and O–H groups in total. The maximum absolute atomic E-state index is 12.6. The second kappa shape index (κ2) is 10.7. The van der Waals surface area contributed by atoms with E-state index in [9.17, 15) is 19.2 Å². The molecule has 0 aromatic rings. The fraction of sp³-hybridized carbons (Fsp3) is 0.750. The summed E-state index contributed by atoms with van der Waals surface area (Å²) in [4.78, 5) is 47.3. The molecule has 9 nitrogen and oxygen atoms in total. The van der Waals surface area contributed by atoms with Gasteiger partial charge in [0.15, 0.2) is 0 Å². The number of carboxylic acid groups (broad SMARTS) is 1. The molecule has 0 aromatic carbocycles. The fourth-order valence-corrected chi connectivity index (χ4v) is 2.08. The minimum atomic E-state index is -1.17. The zero-order valence-corrected chi connectivity index (χ0v) is 15.5. The number of aliphatic carboxylic acids is 1. The predicted molar refractivity (Wildman–Crippen MR) is 92.4 cm³/mol. The van der Waals surface area contributed by atoms with Gasteiger partial charge in [-0.1, -0.05) is 34.1 Å². The molecular formula is C16H30N4O5. The van der Waals surface area contributed by atoms with Gasteiger partial charge >= 0.3 is 5.97 Å². The van der Waals surface area contributed by atoms with Gasteiger partial charge < -0.3 is 26.8 Å². The second-order valence-electron chi connectivity index (χ2n) is 6.43. The standard InChI is InChI=1S/C16H30N4O5/c1-6-9(4)13(19-11(21)7-17)15(23)20-12(8(2)3)14(22)18-10(5)16(24)25/h8-10,12-13H,6-7,17H2,1-5H3,(H,18,22)(H,19,21)(H,20,23)(H,24,25). The van der Waals surface area contributed by atoms with Crippen LogP contribution in [0.2, 0.25) is 0 Å². The quantitative estimate of drug-likeness (QED) is 0.345. The molecule has 0 aliphatic carbocycles. The van der Waals surface area contributed by atoms with E-state index in [1.165, 1.54) is 6.92 Å². The molecule has 0 aliphatic heterocycles. The van der Waals surface area contributed by atoms with E-state index >= 15 is 0 Å². The third-order valence-corrected chi connectivity index (χ3v) is 3.97. The van der Waals surface area contributed by atoms with Crippen LogP contribution < -0.4 is 21.7 Å². The SMILES string of the molecule is CCC(C)C(NC(=O)CN)C(=O)NC(C(=O)NC(C)C(=O)O)C(C)C. The molecule has 0 rings (SSSR count). The Morgan fingerprint density at radius 3 is 1.84 bits per heavy atom. The number of nitrogens with one attached hydrogen (secondary N) is 3. The molecule has 0 heterocycles. The lowest BCUT2D eigenvalue weighted by atomic mass is 9.96. The van der Waals surface area contributed by atoms with Gasteiger partial charge in [-0.2, -0.15) is 0 Å². The van der Waals surface area contributed by atoms with Gasteiger partial charge in [-0.15, -0.1) is 0 Å². The molecule has 0 aliphatic rings. The molecule has 3 amide bonds. The molecule has 0 aromatic heterocycles. The largest absolute Gasteiger partial charge is 0.480 e. The highest BCUT2D eigenvalue weighted by molar-refractivity contribution is 5.93.